The molecule has 5 nitrogen and oxygen atoms in total. The van der Waals surface area contributed by atoms with Crippen molar-refractivity contribution in [3.05, 3.63) is 0 Å². The Hall–Kier alpha value is -1.10. The molecule has 1 heterocycles. The van der Waals surface area contributed by atoms with Crippen LogP contribution in [0.4, 0.5) is 0 Å². The first-order valence-electron chi connectivity index (χ1n) is 5.39. The molecule has 1 rings (SSSR count). The van der Waals surface area contributed by atoms with Crippen LogP contribution < -0.4 is 10.6 Å². The molecule has 1 amide bonds. The first kappa shape index (κ1) is 12.0. The topological polar surface area (TPSA) is 78.4 Å². The van der Waals surface area contributed by atoms with Crippen LogP contribution in [0.2, 0.25) is 0 Å². The van der Waals surface area contributed by atoms with Crippen LogP contribution >= 0.6 is 0 Å². The molecule has 0 aliphatic carbocycles. The summed E-state index contributed by atoms with van der Waals surface area (Å²) in [4.78, 5) is 22.4. The van der Waals surface area contributed by atoms with Gasteiger partial charge in [0.2, 0.25) is 5.91 Å². The van der Waals surface area contributed by atoms with E-state index in [1.165, 1.54) is 0 Å². The minimum atomic E-state index is -0.948. The van der Waals surface area contributed by atoms with Crippen molar-refractivity contribution in [3.63, 3.8) is 0 Å². The van der Waals surface area contributed by atoms with Gasteiger partial charge in [-0.2, -0.15) is 0 Å². The van der Waals surface area contributed by atoms with Gasteiger partial charge in [-0.1, -0.05) is 13.3 Å². The van der Waals surface area contributed by atoms with Gasteiger partial charge in [0.05, 0.1) is 5.92 Å². The van der Waals surface area contributed by atoms with Crippen molar-refractivity contribution in [1.82, 2.24) is 10.6 Å². The van der Waals surface area contributed by atoms with Crippen molar-refractivity contribution in [2.24, 2.45) is 5.92 Å². The average molecular weight is 214 g/mol. The lowest BCUT2D eigenvalue weighted by atomic mass is 10.1. The Kier molecular flexibility index (Phi) is 4.55. The standard InChI is InChI=1S/C10H18N2O3/c1-2-3-8(10(14)15)12-9(13)7-4-5-11-6-7/h7-8,11H,2-6H2,1H3,(H,12,13)(H,14,15)/t7?,8-/m1/s1. The molecular weight excluding hydrogens is 196 g/mol. The highest BCUT2D eigenvalue weighted by atomic mass is 16.4. The lowest BCUT2D eigenvalue weighted by Gasteiger charge is -2.16. The molecule has 0 bridgehead atoms. The Morgan fingerprint density at radius 1 is 1.60 bits per heavy atom. The van der Waals surface area contributed by atoms with E-state index in [1.807, 2.05) is 6.92 Å². The summed E-state index contributed by atoms with van der Waals surface area (Å²) in [5.41, 5.74) is 0. The molecule has 1 fully saturated rings. The summed E-state index contributed by atoms with van der Waals surface area (Å²) >= 11 is 0. The number of hydrogen-bond donors (Lipinski definition) is 3. The number of amides is 1. The summed E-state index contributed by atoms with van der Waals surface area (Å²) in [6, 6.07) is -0.733. The van der Waals surface area contributed by atoms with Gasteiger partial charge < -0.3 is 15.7 Å². The molecule has 0 radical (unpaired) electrons. The maximum absolute atomic E-state index is 11.6. The van der Waals surface area contributed by atoms with E-state index >= 15 is 0 Å². The molecule has 86 valence electrons. The van der Waals surface area contributed by atoms with Gasteiger partial charge >= 0.3 is 5.97 Å². The highest BCUT2D eigenvalue weighted by Gasteiger charge is 2.26. The van der Waals surface area contributed by atoms with Gasteiger partial charge in [0, 0.05) is 6.54 Å². The predicted octanol–water partition coefficient (Wildman–Crippen LogP) is -0.0346. The second kappa shape index (κ2) is 5.70. The molecule has 0 aromatic heterocycles. The van der Waals surface area contributed by atoms with Crippen LogP contribution in [-0.2, 0) is 9.59 Å². The van der Waals surface area contributed by atoms with E-state index in [0.29, 0.717) is 13.0 Å². The summed E-state index contributed by atoms with van der Waals surface area (Å²) in [6.45, 7) is 3.40. The largest absolute Gasteiger partial charge is 0.480 e. The van der Waals surface area contributed by atoms with Gasteiger partial charge in [-0.15, -0.1) is 0 Å². The maximum Gasteiger partial charge on any atom is 0.326 e. The van der Waals surface area contributed by atoms with Crippen LogP contribution in [0.3, 0.4) is 0 Å². The second-order valence-corrected chi connectivity index (χ2v) is 3.88. The van der Waals surface area contributed by atoms with E-state index < -0.39 is 12.0 Å². The first-order valence-corrected chi connectivity index (χ1v) is 5.39. The number of carboxylic acid groups (broad SMARTS) is 1. The zero-order valence-electron chi connectivity index (χ0n) is 8.95. The van der Waals surface area contributed by atoms with Crippen LogP contribution in [0.15, 0.2) is 0 Å². The van der Waals surface area contributed by atoms with E-state index in [4.69, 9.17) is 5.11 Å². The molecule has 0 aromatic rings. The molecule has 1 saturated heterocycles. The SMILES string of the molecule is CCC[C@@H](NC(=O)C1CCNC1)C(=O)O. The van der Waals surface area contributed by atoms with Crippen molar-refractivity contribution in [2.75, 3.05) is 13.1 Å². The smallest absolute Gasteiger partial charge is 0.326 e. The van der Waals surface area contributed by atoms with Crippen LogP contribution in [0.5, 0.6) is 0 Å². The third-order valence-corrected chi connectivity index (χ3v) is 2.62. The quantitative estimate of drug-likeness (QED) is 0.600. The summed E-state index contributed by atoms with van der Waals surface area (Å²) in [5.74, 6) is -1.15. The van der Waals surface area contributed by atoms with E-state index in [2.05, 4.69) is 10.6 Å². The van der Waals surface area contributed by atoms with Crippen molar-refractivity contribution in [1.29, 1.82) is 0 Å². The van der Waals surface area contributed by atoms with Gasteiger partial charge in [-0.25, -0.2) is 4.79 Å². The molecule has 0 spiro atoms. The van der Waals surface area contributed by atoms with Gasteiger partial charge in [0.1, 0.15) is 6.04 Å². The number of rotatable bonds is 5. The van der Waals surface area contributed by atoms with Gasteiger partial charge in [-0.05, 0) is 19.4 Å². The maximum atomic E-state index is 11.6. The summed E-state index contributed by atoms with van der Waals surface area (Å²) < 4.78 is 0. The number of carboxylic acids is 1. The third kappa shape index (κ3) is 3.51. The Labute approximate surface area is 89.2 Å². The van der Waals surface area contributed by atoms with Crippen LogP contribution in [0.25, 0.3) is 0 Å². The fourth-order valence-electron chi connectivity index (χ4n) is 1.71. The number of carbonyl (C=O) groups excluding carboxylic acids is 1. The van der Waals surface area contributed by atoms with E-state index in [1.54, 1.807) is 0 Å². The number of hydrogen-bond acceptors (Lipinski definition) is 3. The normalized spacial score (nSPS) is 22.3. The molecule has 1 unspecified atom stereocenters. The monoisotopic (exact) mass is 214 g/mol. The molecule has 0 aromatic carbocycles. The second-order valence-electron chi connectivity index (χ2n) is 3.88. The number of aliphatic carboxylic acids is 1. The predicted molar refractivity (Wildman–Crippen MR) is 55.5 cm³/mol. The highest BCUT2D eigenvalue weighted by molar-refractivity contribution is 5.85. The zero-order chi connectivity index (χ0) is 11.3. The number of carbonyl (C=O) groups is 2. The van der Waals surface area contributed by atoms with Crippen LogP contribution in [0.1, 0.15) is 26.2 Å². The summed E-state index contributed by atoms with van der Waals surface area (Å²) in [6.07, 6.45) is 2.03. The van der Waals surface area contributed by atoms with Gasteiger partial charge in [-0.3, -0.25) is 4.79 Å². The molecule has 15 heavy (non-hydrogen) atoms. The Balaban J connectivity index is 2.42. The van der Waals surface area contributed by atoms with E-state index in [9.17, 15) is 9.59 Å². The third-order valence-electron chi connectivity index (χ3n) is 2.62. The van der Waals surface area contributed by atoms with Crippen molar-refractivity contribution in [2.45, 2.75) is 32.2 Å². The van der Waals surface area contributed by atoms with Crippen molar-refractivity contribution in [3.8, 4) is 0 Å². The van der Waals surface area contributed by atoms with Crippen molar-refractivity contribution >= 4 is 11.9 Å². The fourth-order valence-corrected chi connectivity index (χ4v) is 1.71. The van der Waals surface area contributed by atoms with Crippen LogP contribution in [0, 0.1) is 5.92 Å². The lowest BCUT2D eigenvalue weighted by molar-refractivity contribution is -0.142. The molecular formula is C10H18N2O3. The average Bonchev–Trinajstić information content (AvgIpc) is 2.69. The lowest BCUT2D eigenvalue weighted by Crippen LogP contribution is -2.44. The van der Waals surface area contributed by atoms with Gasteiger partial charge in [0.25, 0.3) is 0 Å². The Morgan fingerprint density at radius 2 is 2.33 bits per heavy atom. The minimum Gasteiger partial charge on any atom is -0.480 e. The fraction of sp³-hybridized carbons (Fsp3) is 0.800. The van der Waals surface area contributed by atoms with Crippen molar-refractivity contribution < 1.29 is 14.7 Å². The van der Waals surface area contributed by atoms with Crippen LogP contribution in [-0.4, -0.2) is 36.1 Å². The summed E-state index contributed by atoms with van der Waals surface area (Å²) in [5, 5.41) is 14.5. The zero-order valence-corrected chi connectivity index (χ0v) is 8.95. The first-order chi connectivity index (χ1) is 7.15. The molecule has 0 saturated carbocycles. The Bertz CT molecular complexity index is 237. The summed E-state index contributed by atoms with van der Waals surface area (Å²) in [7, 11) is 0. The molecule has 2 atom stereocenters. The van der Waals surface area contributed by atoms with Gasteiger partial charge in [0.15, 0.2) is 0 Å². The minimum absolute atomic E-state index is 0.0660. The van der Waals surface area contributed by atoms with E-state index in [-0.39, 0.29) is 11.8 Å². The number of nitrogens with one attached hydrogen (secondary N) is 2. The Morgan fingerprint density at radius 3 is 2.80 bits per heavy atom. The highest BCUT2D eigenvalue weighted by Crippen LogP contribution is 2.08. The molecule has 1 aliphatic rings. The van der Waals surface area contributed by atoms with E-state index in [0.717, 1.165) is 19.4 Å². The molecule has 3 N–H and O–H groups in total. The molecule has 5 heteroatoms. The molecule has 1 aliphatic heterocycles.